The highest BCUT2D eigenvalue weighted by atomic mass is 19.4. The number of carboxylic acid groups (broad SMARTS) is 1. The van der Waals surface area contributed by atoms with Crippen LogP contribution in [0, 0.1) is 0 Å². The molecule has 3 amide bonds. The van der Waals surface area contributed by atoms with E-state index in [1.807, 2.05) is 0 Å². The van der Waals surface area contributed by atoms with E-state index in [1.54, 1.807) is 58.3 Å². The Morgan fingerprint density at radius 3 is 2.17 bits per heavy atom. The first-order valence-electron chi connectivity index (χ1n) is 10.5. The van der Waals surface area contributed by atoms with Crippen molar-refractivity contribution in [2.24, 2.45) is 0 Å². The molecular weight excluding hydrogens is 487 g/mol. The first kappa shape index (κ1) is 26.4. The van der Waals surface area contributed by atoms with Gasteiger partial charge in [-0.15, -0.1) is 0 Å². The topological polar surface area (TPSA) is 126 Å². The summed E-state index contributed by atoms with van der Waals surface area (Å²) in [4.78, 5) is 54.0. The molecule has 36 heavy (non-hydrogen) atoms. The van der Waals surface area contributed by atoms with Gasteiger partial charge in [-0.25, -0.2) is 19.3 Å². The molecule has 1 fully saturated rings. The Hall–Kier alpha value is -4.16. The number of benzene rings is 1. The van der Waals surface area contributed by atoms with Gasteiger partial charge in [-0.05, 0) is 43.7 Å². The van der Waals surface area contributed by atoms with Gasteiger partial charge in [-0.1, -0.05) is 0 Å². The van der Waals surface area contributed by atoms with Gasteiger partial charge >= 0.3 is 24.1 Å². The van der Waals surface area contributed by atoms with Crippen LogP contribution in [0.15, 0.2) is 42.7 Å². The van der Waals surface area contributed by atoms with Crippen LogP contribution in [0.25, 0.3) is 0 Å². The van der Waals surface area contributed by atoms with E-state index in [0.29, 0.717) is 5.69 Å². The van der Waals surface area contributed by atoms with E-state index in [-0.39, 0.29) is 23.8 Å². The van der Waals surface area contributed by atoms with Crippen LogP contribution in [0.3, 0.4) is 0 Å². The molecule has 10 nitrogen and oxygen atoms in total. The van der Waals surface area contributed by atoms with Crippen molar-refractivity contribution in [2.45, 2.75) is 51.7 Å². The summed E-state index contributed by atoms with van der Waals surface area (Å²) in [6.07, 6.45) is -1.80. The molecule has 3 heterocycles. The number of carbonyl (C=O) groups excluding carboxylic acids is 3. The molecule has 0 aliphatic carbocycles. The lowest BCUT2D eigenvalue weighted by atomic mass is 10.0. The lowest BCUT2D eigenvalue weighted by Crippen LogP contribution is -2.43. The molecule has 1 aromatic heterocycles. The fourth-order valence-corrected chi connectivity index (χ4v) is 3.47. The Balaban J connectivity index is 0.000000454. The molecule has 2 aliphatic rings. The smallest absolute Gasteiger partial charge is 0.475 e. The predicted octanol–water partition coefficient (Wildman–Crippen LogP) is 3.75. The van der Waals surface area contributed by atoms with Gasteiger partial charge in [0.25, 0.3) is 5.91 Å². The van der Waals surface area contributed by atoms with Crippen molar-refractivity contribution in [2.75, 3.05) is 4.90 Å². The van der Waals surface area contributed by atoms with Crippen LogP contribution in [0.4, 0.5) is 23.7 Å². The summed E-state index contributed by atoms with van der Waals surface area (Å²) in [7, 11) is 0. The van der Waals surface area contributed by atoms with Crippen LogP contribution in [-0.2, 0) is 20.9 Å². The number of pyridine rings is 1. The van der Waals surface area contributed by atoms with Gasteiger partial charge in [-0.2, -0.15) is 13.2 Å². The number of halogens is 3. The number of hydrogen-bond donors (Lipinski definition) is 1. The molecule has 0 radical (unpaired) electrons. The van der Waals surface area contributed by atoms with Crippen LogP contribution in [0.5, 0.6) is 5.75 Å². The predicted molar refractivity (Wildman–Crippen MR) is 117 cm³/mol. The Labute approximate surface area is 203 Å². The van der Waals surface area contributed by atoms with Crippen LogP contribution in [-0.4, -0.2) is 56.4 Å². The first-order valence-corrected chi connectivity index (χ1v) is 10.5. The summed E-state index contributed by atoms with van der Waals surface area (Å²) in [6, 6.07) is 7.74. The summed E-state index contributed by atoms with van der Waals surface area (Å²) in [5.41, 5.74) is 0.430. The van der Waals surface area contributed by atoms with Gasteiger partial charge in [0.1, 0.15) is 16.9 Å². The number of carboxylic acids is 1. The van der Waals surface area contributed by atoms with E-state index in [1.165, 1.54) is 17.0 Å². The Bertz CT molecular complexity index is 1210. The molecule has 0 bridgehead atoms. The number of carbonyl (C=O) groups is 4. The Morgan fingerprint density at radius 2 is 1.61 bits per heavy atom. The number of hydrogen-bond acceptors (Lipinski definition) is 7. The number of nitrogens with zero attached hydrogens (tertiary/aromatic N) is 3. The number of aliphatic carboxylic acids is 1. The second-order valence-electron chi connectivity index (χ2n) is 8.80. The fraction of sp³-hybridized carbons (Fsp3) is 0.348. The zero-order valence-electron chi connectivity index (χ0n) is 19.6. The minimum Gasteiger partial charge on any atom is -0.475 e. The molecule has 0 atom stereocenters. The number of amides is 3. The molecule has 13 heteroatoms. The van der Waals surface area contributed by atoms with E-state index in [9.17, 15) is 27.6 Å². The van der Waals surface area contributed by atoms with Crippen molar-refractivity contribution >= 4 is 29.6 Å². The first-order chi connectivity index (χ1) is 16.5. The van der Waals surface area contributed by atoms with Gasteiger partial charge in [-0.3, -0.25) is 9.78 Å². The second-order valence-corrected chi connectivity index (χ2v) is 8.80. The molecule has 192 valence electrons. The van der Waals surface area contributed by atoms with Crippen molar-refractivity contribution in [3.05, 3.63) is 53.9 Å². The lowest BCUT2D eigenvalue weighted by Gasteiger charge is -2.32. The average molecular weight is 509 g/mol. The summed E-state index contributed by atoms with van der Waals surface area (Å²) in [5, 5.41) is 7.12. The SMILES string of the molecule is CC1(C)OC(=O)c2ccc(N3C(=O)N(Cc4ccncc4)C(C)(C)C3=O)cc2O1.O=C(O)C(F)(F)F. The number of ether oxygens (including phenoxy) is 2. The van der Waals surface area contributed by atoms with Crippen LogP contribution in [0.2, 0.25) is 0 Å². The van der Waals surface area contributed by atoms with Crippen LogP contribution in [0.1, 0.15) is 43.6 Å². The standard InChI is InChI=1S/C21H21N3O5.C2HF3O2/c1-20(2)18(26)24(19(27)23(20)12-13-7-9-22-10-8-13)14-5-6-15-16(11-14)28-21(3,4)29-17(15)25;3-2(4,5)1(6)7/h5-11H,12H2,1-4H3;(H,6,7). The van der Waals surface area contributed by atoms with Crippen molar-refractivity contribution < 1.29 is 46.9 Å². The number of fused-ring (bicyclic) bond motifs is 1. The van der Waals surface area contributed by atoms with Crippen LogP contribution >= 0.6 is 0 Å². The molecule has 2 aliphatic heterocycles. The van der Waals surface area contributed by atoms with Gasteiger partial charge in [0, 0.05) is 38.9 Å². The number of anilines is 1. The van der Waals surface area contributed by atoms with E-state index in [0.717, 1.165) is 10.5 Å². The average Bonchev–Trinajstić information content (AvgIpc) is 2.92. The second kappa shape index (κ2) is 9.13. The van der Waals surface area contributed by atoms with E-state index in [4.69, 9.17) is 19.4 Å². The Kier molecular flexibility index (Phi) is 6.71. The molecule has 2 aromatic rings. The van der Waals surface area contributed by atoms with Crippen molar-refractivity contribution in [1.29, 1.82) is 0 Å². The highest BCUT2D eigenvalue weighted by molar-refractivity contribution is 6.23. The summed E-state index contributed by atoms with van der Waals surface area (Å²) in [6.45, 7) is 6.93. The van der Waals surface area contributed by atoms with Gasteiger partial charge in [0.2, 0.25) is 5.79 Å². The number of cyclic esters (lactones) is 1. The van der Waals surface area contributed by atoms with Crippen molar-refractivity contribution in [3.8, 4) is 5.75 Å². The molecule has 1 N–H and O–H groups in total. The highest BCUT2D eigenvalue weighted by Crippen LogP contribution is 2.38. The summed E-state index contributed by atoms with van der Waals surface area (Å²) < 4.78 is 42.7. The number of rotatable bonds is 3. The molecule has 4 rings (SSSR count). The lowest BCUT2D eigenvalue weighted by molar-refractivity contribution is -0.192. The number of urea groups is 1. The number of alkyl halides is 3. The largest absolute Gasteiger partial charge is 0.490 e. The van der Waals surface area contributed by atoms with E-state index < -0.39 is 35.5 Å². The maximum absolute atomic E-state index is 13.2. The number of aromatic nitrogens is 1. The van der Waals surface area contributed by atoms with Crippen LogP contribution < -0.4 is 9.64 Å². The minimum absolute atomic E-state index is 0.250. The van der Waals surface area contributed by atoms with Crippen molar-refractivity contribution in [3.63, 3.8) is 0 Å². The van der Waals surface area contributed by atoms with Crippen molar-refractivity contribution in [1.82, 2.24) is 9.88 Å². The van der Waals surface area contributed by atoms with E-state index >= 15 is 0 Å². The summed E-state index contributed by atoms with van der Waals surface area (Å²) >= 11 is 0. The van der Waals surface area contributed by atoms with Gasteiger partial charge in [0.05, 0.1) is 5.69 Å². The Morgan fingerprint density at radius 1 is 1.03 bits per heavy atom. The maximum Gasteiger partial charge on any atom is 0.490 e. The maximum atomic E-state index is 13.2. The molecule has 1 aromatic carbocycles. The monoisotopic (exact) mass is 509 g/mol. The highest BCUT2D eigenvalue weighted by Gasteiger charge is 2.52. The summed E-state index contributed by atoms with van der Waals surface area (Å²) in [5.74, 6) is -4.48. The third-order valence-electron chi connectivity index (χ3n) is 5.29. The third kappa shape index (κ3) is 5.24. The van der Waals surface area contributed by atoms with E-state index in [2.05, 4.69) is 4.98 Å². The zero-order chi connectivity index (χ0) is 27.1. The number of imide groups is 1. The normalized spacial score (nSPS) is 18.0. The molecule has 0 saturated carbocycles. The zero-order valence-corrected chi connectivity index (χ0v) is 19.6. The third-order valence-corrected chi connectivity index (χ3v) is 5.29. The van der Waals surface area contributed by atoms with Gasteiger partial charge in [0.15, 0.2) is 0 Å². The fourth-order valence-electron chi connectivity index (χ4n) is 3.47. The molecule has 0 unspecified atom stereocenters. The molecular formula is C23H22F3N3O7. The minimum atomic E-state index is -5.08. The quantitative estimate of drug-likeness (QED) is 0.490. The molecule has 1 saturated heterocycles. The van der Waals surface area contributed by atoms with Gasteiger partial charge < -0.3 is 19.5 Å². The number of esters is 1. The molecule has 0 spiro atoms.